The normalized spacial score (nSPS) is 21.9. The van der Waals surface area contributed by atoms with Crippen LogP contribution in [0, 0.1) is 16.7 Å². The lowest BCUT2D eigenvalue weighted by Crippen LogP contribution is -2.38. The fourth-order valence-electron chi connectivity index (χ4n) is 3.51. The van der Waals surface area contributed by atoms with E-state index in [1.165, 1.54) is 12.7 Å². The predicted molar refractivity (Wildman–Crippen MR) is 93.3 cm³/mol. The average Bonchev–Trinajstić information content (AvgIpc) is 2.60. The van der Waals surface area contributed by atoms with E-state index in [1.807, 2.05) is 0 Å². The number of dihydropyridines is 1. The quantitative estimate of drug-likeness (QED) is 0.748. The third kappa shape index (κ3) is 3.49. The molecule has 0 amide bonds. The number of nitrogens with zero attached hydrogens (tertiary/aromatic N) is 4. The standard InChI is InChI=1S/C18H22N6O2/c1-18(2)5-12-16(14(25)6-18)15(17-22-9-21-10-23-17)11(7-20)13(24-12)8-26-4-3-19/h9-10,15,24H,3-6,8,19H2,1-2H3. The van der Waals surface area contributed by atoms with Gasteiger partial charge in [-0.1, -0.05) is 13.8 Å². The lowest BCUT2D eigenvalue weighted by molar-refractivity contribution is -0.118. The number of ketones is 1. The first-order valence-electron chi connectivity index (χ1n) is 8.53. The van der Waals surface area contributed by atoms with Crippen LogP contribution in [0.4, 0.5) is 0 Å². The molecule has 8 nitrogen and oxygen atoms in total. The number of nitrogens with two attached hydrogens (primary N) is 1. The van der Waals surface area contributed by atoms with Crippen molar-refractivity contribution in [1.82, 2.24) is 20.3 Å². The highest BCUT2D eigenvalue weighted by atomic mass is 16.5. The number of ether oxygens (including phenoxy) is 1. The van der Waals surface area contributed by atoms with Gasteiger partial charge in [0, 0.05) is 24.2 Å². The number of hydrogen-bond donors (Lipinski definition) is 2. The van der Waals surface area contributed by atoms with E-state index in [9.17, 15) is 10.1 Å². The topological polar surface area (TPSA) is 127 Å². The molecular formula is C18H22N6O2. The van der Waals surface area contributed by atoms with Crippen molar-refractivity contribution in [3.8, 4) is 6.07 Å². The maximum atomic E-state index is 12.9. The summed E-state index contributed by atoms with van der Waals surface area (Å²) >= 11 is 0. The largest absolute Gasteiger partial charge is 0.374 e. The highest BCUT2D eigenvalue weighted by molar-refractivity contribution is 6.00. The van der Waals surface area contributed by atoms with Crippen LogP contribution in [0.5, 0.6) is 0 Å². The molecule has 1 aromatic rings. The Balaban J connectivity index is 2.09. The minimum absolute atomic E-state index is 0.0174. The van der Waals surface area contributed by atoms with E-state index in [1.54, 1.807) is 0 Å². The van der Waals surface area contributed by atoms with Crippen molar-refractivity contribution in [2.45, 2.75) is 32.6 Å². The molecule has 2 aliphatic rings. The molecule has 0 fully saturated rings. The molecule has 0 saturated heterocycles. The van der Waals surface area contributed by atoms with Gasteiger partial charge in [0.15, 0.2) is 5.78 Å². The lowest BCUT2D eigenvalue weighted by Gasteiger charge is -2.38. The number of Topliss-reactive ketones (excluding diaryl/α,β-unsaturated/α-hetero) is 1. The Kier molecular flexibility index (Phi) is 5.11. The summed E-state index contributed by atoms with van der Waals surface area (Å²) in [6, 6.07) is 2.22. The number of nitriles is 1. The number of rotatable bonds is 5. The predicted octanol–water partition coefficient (Wildman–Crippen LogP) is 0.955. The Labute approximate surface area is 152 Å². The van der Waals surface area contributed by atoms with Crippen LogP contribution in [0.25, 0.3) is 0 Å². The van der Waals surface area contributed by atoms with Gasteiger partial charge in [0.05, 0.1) is 36.5 Å². The van der Waals surface area contributed by atoms with E-state index < -0.39 is 5.92 Å². The molecule has 26 heavy (non-hydrogen) atoms. The number of allylic oxidation sites excluding steroid dienone is 3. The van der Waals surface area contributed by atoms with Crippen molar-refractivity contribution in [3.63, 3.8) is 0 Å². The zero-order chi connectivity index (χ0) is 18.7. The molecule has 0 radical (unpaired) electrons. The van der Waals surface area contributed by atoms with Crippen LogP contribution >= 0.6 is 0 Å². The van der Waals surface area contributed by atoms with Gasteiger partial charge >= 0.3 is 0 Å². The second-order valence-electron chi connectivity index (χ2n) is 7.23. The number of carbonyl (C=O) groups excluding carboxylic acids is 1. The summed E-state index contributed by atoms with van der Waals surface area (Å²) in [7, 11) is 0. The van der Waals surface area contributed by atoms with Gasteiger partial charge in [0.2, 0.25) is 0 Å². The van der Waals surface area contributed by atoms with Crippen molar-refractivity contribution in [2.75, 3.05) is 19.8 Å². The summed E-state index contributed by atoms with van der Waals surface area (Å²) in [5.41, 5.74) is 7.77. The molecule has 0 aromatic carbocycles. The SMILES string of the molecule is CC1(C)CC(=O)C2=C(C1)NC(COCCN)=C(C#N)C2c1ncncn1. The zero-order valence-corrected chi connectivity index (χ0v) is 15.0. The van der Waals surface area contributed by atoms with Crippen LogP contribution in [-0.2, 0) is 9.53 Å². The molecule has 1 unspecified atom stereocenters. The number of nitrogens with one attached hydrogen (secondary N) is 1. The first-order valence-corrected chi connectivity index (χ1v) is 8.53. The highest BCUT2D eigenvalue weighted by Gasteiger charge is 2.42. The Bertz CT molecular complexity index is 807. The van der Waals surface area contributed by atoms with Crippen LogP contribution in [0.3, 0.4) is 0 Å². The second-order valence-corrected chi connectivity index (χ2v) is 7.23. The van der Waals surface area contributed by atoms with Crippen LogP contribution in [0.15, 0.2) is 35.2 Å². The number of aromatic nitrogens is 3. The fourth-order valence-corrected chi connectivity index (χ4v) is 3.51. The Morgan fingerprint density at radius 1 is 1.38 bits per heavy atom. The second kappa shape index (κ2) is 7.32. The molecule has 1 atom stereocenters. The highest BCUT2D eigenvalue weighted by Crippen LogP contribution is 2.45. The van der Waals surface area contributed by atoms with E-state index in [-0.39, 0.29) is 17.8 Å². The Hall–Kier alpha value is -2.63. The third-order valence-corrected chi connectivity index (χ3v) is 4.52. The van der Waals surface area contributed by atoms with Crippen molar-refractivity contribution in [2.24, 2.45) is 11.1 Å². The van der Waals surface area contributed by atoms with Gasteiger partial charge in [0.25, 0.3) is 0 Å². The monoisotopic (exact) mass is 354 g/mol. The van der Waals surface area contributed by atoms with Gasteiger partial charge in [-0.15, -0.1) is 0 Å². The molecule has 0 bridgehead atoms. The van der Waals surface area contributed by atoms with Crippen LogP contribution < -0.4 is 11.1 Å². The smallest absolute Gasteiger partial charge is 0.162 e. The molecule has 1 aliphatic carbocycles. The summed E-state index contributed by atoms with van der Waals surface area (Å²) in [6.07, 6.45) is 3.88. The molecule has 1 aliphatic heterocycles. The van der Waals surface area contributed by atoms with E-state index in [2.05, 4.69) is 40.2 Å². The van der Waals surface area contributed by atoms with Gasteiger partial charge < -0.3 is 15.8 Å². The Morgan fingerprint density at radius 2 is 2.12 bits per heavy atom. The van der Waals surface area contributed by atoms with Gasteiger partial charge in [-0.2, -0.15) is 5.26 Å². The number of hydrogen-bond acceptors (Lipinski definition) is 8. The fraction of sp³-hybridized carbons (Fsp3) is 0.500. The first kappa shape index (κ1) is 18.2. The summed E-state index contributed by atoms with van der Waals surface area (Å²) in [6.45, 7) is 5.11. The molecule has 3 N–H and O–H groups in total. The van der Waals surface area contributed by atoms with Crippen molar-refractivity contribution < 1.29 is 9.53 Å². The van der Waals surface area contributed by atoms with E-state index in [4.69, 9.17) is 10.5 Å². The molecule has 0 spiro atoms. The maximum absolute atomic E-state index is 12.9. The molecule has 0 saturated carbocycles. The van der Waals surface area contributed by atoms with Gasteiger partial charge in [-0.05, 0) is 11.8 Å². The molecular weight excluding hydrogens is 332 g/mol. The van der Waals surface area contributed by atoms with Crippen molar-refractivity contribution in [1.29, 1.82) is 5.26 Å². The lowest BCUT2D eigenvalue weighted by atomic mass is 9.70. The first-order chi connectivity index (χ1) is 12.5. The number of carbonyl (C=O) groups is 1. The van der Waals surface area contributed by atoms with Gasteiger partial charge in [-0.3, -0.25) is 4.79 Å². The van der Waals surface area contributed by atoms with E-state index >= 15 is 0 Å². The summed E-state index contributed by atoms with van der Waals surface area (Å²) in [5.74, 6) is -0.182. The summed E-state index contributed by atoms with van der Waals surface area (Å²) in [5, 5.41) is 13.1. The minimum Gasteiger partial charge on any atom is -0.374 e. The van der Waals surface area contributed by atoms with Crippen LogP contribution in [0.2, 0.25) is 0 Å². The van der Waals surface area contributed by atoms with Gasteiger partial charge in [-0.25, -0.2) is 15.0 Å². The summed E-state index contributed by atoms with van der Waals surface area (Å²) < 4.78 is 5.54. The summed E-state index contributed by atoms with van der Waals surface area (Å²) in [4.78, 5) is 25.2. The zero-order valence-electron chi connectivity index (χ0n) is 15.0. The molecule has 8 heteroatoms. The Morgan fingerprint density at radius 3 is 2.77 bits per heavy atom. The van der Waals surface area contributed by atoms with Gasteiger partial charge in [0.1, 0.15) is 18.5 Å². The van der Waals surface area contributed by atoms with Crippen LogP contribution in [-0.4, -0.2) is 40.5 Å². The molecule has 2 heterocycles. The van der Waals surface area contributed by atoms with E-state index in [0.29, 0.717) is 48.7 Å². The van der Waals surface area contributed by atoms with E-state index in [0.717, 1.165) is 5.70 Å². The maximum Gasteiger partial charge on any atom is 0.162 e. The van der Waals surface area contributed by atoms with Crippen LogP contribution in [0.1, 0.15) is 38.4 Å². The average molecular weight is 354 g/mol. The van der Waals surface area contributed by atoms with Crippen molar-refractivity contribution in [3.05, 3.63) is 41.0 Å². The molecule has 1 aromatic heterocycles. The third-order valence-electron chi connectivity index (χ3n) is 4.52. The molecule has 3 rings (SSSR count). The molecule has 136 valence electrons. The minimum atomic E-state index is -0.598. The van der Waals surface area contributed by atoms with Crippen molar-refractivity contribution >= 4 is 5.78 Å².